The minimum atomic E-state index is -4.73. The zero-order valence-electron chi connectivity index (χ0n) is 9.90. The average molecular weight is 276 g/mol. The van der Waals surface area contributed by atoms with Crippen molar-refractivity contribution in [3.05, 3.63) is 23.8 Å². The summed E-state index contributed by atoms with van der Waals surface area (Å²) in [5.74, 6) is -2.79. The summed E-state index contributed by atoms with van der Waals surface area (Å²) in [5, 5.41) is 8.89. The topological polar surface area (TPSA) is 55.8 Å². The van der Waals surface area contributed by atoms with Crippen LogP contribution in [0, 0.1) is 5.92 Å². The second kappa shape index (κ2) is 4.64. The number of aliphatic carboxylic acids is 1. The van der Waals surface area contributed by atoms with Crippen molar-refractivity contribution in [3.8, 4) is 11.5 Å². The lowest BCUT2D eigenvalue weighted by Crippen LogP contribution is -2.47. The van der Waals surface area contributed by atoms with Gasteiger partial charge in [-0.05, 0) is 18.1 Å². The Hall–Kier alpha value is -1.92. The van der Waals surface area contributed by atoms with E-state index in [1.165, 1.54) is 19.2 Å². The smallest absolute Gasteiger partial charge is 0.426 e. The maximum atomic E-state index is 12.8. The maximum Gasteiger partial charge on any atom is 0.426 e. The molecule has 0 unspecified atom stereocenters. The van der Waals surface area contributed by atoms with Crippen LogP contribution in [0.3, 0.4) is 0 Å². The number of benzene rings is 1. The van der Waals surface area contributed by atoms with E-state index >= 15 is 0 Å². The Kier molecular flexibility index (Phi) is 3.30. The minimum Gasteiger partial charge on any atom is -0.497 e. The molecule has 1 aromatic rings. The van der Waals surface area contributed by atoms with E-state index in [1.807, 2.05) is 0 Å². The molecule has 2 atom stereocenters. The molecule has 104 valence electrons. The number of carboxylic acids is 1. The Balaban J connectivity index is 2.39. The number of hydrogen-bond donors (Lipinski definition) is 1. The highest BCUT2D eigenvalue weighted by atomic mass is 19.4. The summed E-state index contributed by atoms with van der Waals surface area (Å²) < 4.78 is 48.2. The van der Waals surface area contributed by atoms with E-state index in [0.717, 1.165) is 0 Å². The van der Waals surface area contributed by atoms with Gasteiger partial charge in [0.15, 0.2) is 0 Å². The summed E-state index contributed by atoms with van der Waals surface area (Å²) in [6.45, 7) is 0. The molecule has 1 aromatic carbocycles. The minimum absolute atomic E-state index is 0.0131. The van der Waals surface area contributed by atoms with Crippen LogP contribution in [0.25, 0.3) is 0 Å². The molecule has 1 heterocycles. The normalized spacial score (nSPS) is 22.3. The van der Waals surface area contributed by atoms with E-state index in [2.05, 4.69) is 0 Å². The van der Waals surface area contributed by atoms with Crippen molar-refractivity contribution in [2.24, 2.45) is 5.92 Å². The van der Waals surface area contributed by atoms with Gasteiger partial charge in [-0.3, -0.25) is 4.79 Å². The molecule has 0 aromatic heterocycles. The number of carbonyl (C=O) groups is 1. The number of rotatable bonds is 2. The van der Waals surface area contributed by atoms with Crippen molar-refractivity contribution in [3.63, 3.8) is 0 Å². The highest BCUT2D eigenvalue weighted by molar-refractivity contribution is 5.72. The van der Waals surface area contributed by atoms with Crippen molar-refractivity contribution in [1.82, 2.24) is 0 Å². The van der Waals surface area contributed by atoms with Crippen LogP contribution < -0.4 is 9.47 Å². The fourth-order valence-electron chi connectivity index (χ4n) is 2.01. The standard InChI is InChI=1S/C12H11F3O4/c1-18-7-3-2-6-4-8(11(16)17)10(12(13,14)15)19-9(6)5-7/h2-3,5,8,10H,4H2,1H3,(H,16,17)/t8-,10+/m1/s1. The van der Waals surface area contributed by atoms with Crippen LogP contribution in [0.15, 0.2) is 18.2 Å². The summed E-state index contributed by atoms with van der Waals surface area (Å²) >= 11 is 0. The molecule has 0 saturated heterocycles. The highest BCUT2D eigenvalue weighted by Gasteiger charge is 2.52. The second-order valence-corrected chi connectivity index (χ2v) is 4.20. The summed E-state index contributed by atoms with van der Waals surface area (Å²) in [6.07, 6.45) is -7.30. The predicted molar refractivity (Wildman–Crippen MR) is 58.3 cm³/mol. The van der Waals surface area contributed by atoms with Gasteiger partial charge in [0.2, 0.25) is 6.10 Å². The average Bonchev–Trinajstić information content (AvgIpc) is 2.35. The van der Waals surface area contributed by atoms with Gasteiger partial charge in [-0.25, -0.2) is 0 Å². The summed E-state index contributed by atoms with van der Waals surface area (Å²) in [5.41, 5.74) is 0.425. The Morgan fingerprint density at radius 2 is 2.16 bits per heavy atom. The largest absolute Gasteiger partial charge is 0.497 e. The van der Waals surface area contributed by atoms with Gasteiger partial charge in [-0.15, -0.1) is 0 Å². The molecule has 7 heteroatoms. The van der Waals surface area contributed by atoms with Gasteiger partial charge >= 0.3 is 12.1 Å². The monoisotopic (exact) mass is 276 g/mol. The lowest BCUT2D eigenvalue weighted by atomic mass is 9.90. The van der Waals surface area contributed by atoms with Crippen LogP contribution >= 0.6 is 0 Å². The number of ether oxygens (including phenoxy) is 2. The lowest BCUT2D eigenvalue weighted by molar-refractivity contribution is -0.217. The van der Waals surface area contributed by atoms with Crippen molar-refractivity contribution in [2.45, 2.75) is 18.7 Å². The SMILES string of the molecule is COc1ccc2c(c1)O[C@H](C(F)(F)F)[C@H](C(=O)O)C2. The van der Waals surface area contributed by atoms with Crippen molar-refractivity contribution < 1.29 is 32.5 Å². The van der Waals surface area contributed by atoms with Gasteiger partial charge in [-0.1, -0.05) is 6.07 Å². The van der Waals surface area contributed by atoms with Crippen LogP contribution in [0.2, 0.25) is 0 Å². The number of alkyl halides is 3. The molecule has 4 nitrogen and oxygen atoms in total. The van der Waals surface area contributed by atoms with Crippen LogP contribution in [-0.4, -0.2) is 30.5 Å². The van der Waals surface area contributed by atoms with Crippen LogP contribution in [0.4, 0.5) is 13.2 Å². The Morgan fingerprint density at radius 1 is 1.47 bits per heavy atom. The van der Waals surface area contributed by atoms with Crippen LogP contribution in [0.5, 0.6) is 11.5 Å². The first-order valence-electron chi connectivity index (χ1n) is 5.46. The van der Waals surface area contributed by atoms with Gasteiger partial charge in [0.25, 0.3) is 0 Å². The molecule has 0 bridgehead atoms. The third kappa shape index (κ3) is 2.59. The zero-order valence-corrected chi connectivity index (χ0v) is 9.90. The van der Waals surface area contributed by atoms with E-state index in [9.17, 15) is 18.0 Å². The quantitative estimate of drug-likeness (QED) is 0.900. The molecule has 0 spiro atoms. The molecule has 2 rings (SSSR count). The van der Waals surface area contributed by atoms with Crippen molar-refractivity contribution >= 4 is 5.97 Å². The molecule has 1 aliphatic heterocycles. The van der Waals surface area contributed by atoms with Gasteiger partial charge < -0.3 is 14.6 Å². The number of carboxylic acid groups (broad SMARTS) is 1. The molecule has 0 amide bonds. The first-order chi connectivity index (χ1) is 8.82. The van der Waals surface area contributed by atoms with Crippen LogP contribution in [-0.2, 0) is 11.2 Å². The molecular weight excluding hydrogens is 265 g/mol. The van der Waals surface area contributed by atoms with E-state index in [1.54, 1.807) is 6.07 Å². The number of methoxy groups -OCH3 is 1. The summed E-state index contributed by atoms with van der Waals surface area (Å²) in [4.78, 5) is 10.9. The second-order valence-electron chi connectivity index (χ2n) is 4.20. The molecule has 0 fully saturated rings. The van der Waals surface area contributed by atoms with Crippen molar-refractivity contribution in [2.75, 3.05) is 7.11 Å². The third-order valence-electron chi connectivity index (χ3n) is 2.97. The van der Waals surface area contributed by atoms with Crippen LogP contribution in [0.1, 0.15) is 5.56 Å². The fraction of sp³-hybridized carbons (Fsp3) is 0.417. The maximum absolute atomic E-state index is 12.8. The number of hydrogen-bond acceptors (Lipinski definition) is 3. The van der Waals surface area contributed by atoms with Crippen molar-refractivity contribution in [1.29, 1.82) is 0 Å². The predicted octanol–water partition coefficient (Wildman–Crippen LogP) is 2.26. The van der Waals surface area contributed by atoms with E-state index in [4.69, 9.17) is 14.6 Å². The molecule has 0 radical (unpaired) electrons. The Labute approximate surface area is 106 Å². The van der Waals surface area contributed by atoms with E-state index < -0.39 is 24.2 Å². The molecule has 1 aliphatic rings. The number of halogens is 3. The molecule has 1 N–H and O–H groups in total. The summed E-state index contributed by atoms with van der Waals surface area (Å²) in [6, 6.07) is 4.39. The van der Waals surface area contributed by atoms with Gasteiger partial charge in [-0.2, -0.15) is 13.2 Å². The third-order valence-corrected chi connectivity index (χ3v) is 2.97. The Bertz CT molecular complexity index is 498. The molecule has 0 saturated carbocycles. The van der Waals surface area contributed by atoms with Gasteiger partial charge in [0.1, 0.15) is 17.4 Å². The first kappa shape index (κ1) is 13.5. The van der Waals surface area contributed by atoms with Gasteiger partial charge in [0, 0.05) is 6.07 Å². The first-order valence-corrected chi connectivity index (χ1v) is 5.46. The number of fused-ring (bicyclic) bond motifs is 1. The Morgan fingerprint density at radius 3 is 2.68 bits per heavy atom. The van der Waals surface area contributed by atoms with E-state index in [-0.39, 0.29) is 12.2 Å². The summed E-state index contributed by atoms with van der Waals surface area (Å²) in [7, 11) is 1.38. The molecule has 0 aliphatic carbocycles. The molecular formula is C12H11F3O4. The highest BCUT2D eigenvalue weighted by Crippen LogP contribution is 2.39. The van der Waals surface area contributed by atoms with Gasteiger partial charge in [0.05, 0.1) is 7.11 Å². The lowest BCUT2D eigenvalue weighted by Gasteiger charge is -2.32. The molecule has 19 heavy (non-hydrogen) atoms. The zero-order chi connectivity index (χ0) is 14.2. The van der Waals surface area contributed by atoms with E-state index in [0.29, 0.717) is 11.3 Å². The fourth-order valence-corrected chi connectivity index (χ4v) is 2.01.